The van der Waals surface area contributed by atoms with Crippen molar-refractivity contribution in [2.45, 2.75) is 61.8 Å². The summed E-state index contributed by atoms with van der Waals surface area (Å²) in [7, 11) is -0.00318. The minimum absolute atomic E-state index is 0.0253. The topological polar surface area (TPSA) is 186 Å². The highest BCUT2D eigenvalue weighted by atomic mass is 16.7. The van der Waals surface area contributed by atoms with Gasteiger partial charge in [0.2, 0.25) is 5.79 Å². The molecule has 1 aliphatic rings. The normalized spacial score (nSPS) is 17.3. The summed E-state index contributed by atoms with van der Waals surface area (Å²) in [6, 6.07) is 27.7. The zero-order valence-corrected chi connectivity index (χ0v) is 28.9. The van der Waals surface area contributed by atoms with E-state index in [2.05, 4.69) is 9.97 Å². The van der Waals surface area contributed by atoms with Crippen LogP contribution in [0.3, 0.4) is 0 Å². The third kappa shape index (κ3) is 6.42. The van der Waals surface area contributed by atoms with Gasteiger partial charge in [-0.3, -0.25) is 9.97 Å². The largest absolute Gasteiger partial charge is 0.494 e. The molecule has 1 unspecified atom stereocenters. The van der Waals surface area contributed by atoms with Crippen molar-refractivity contribution in [3.8, 4) is 22.5 Å². The van der Waals surface area contributed by atoms with Crippen molar-refractivity contribution in [1.29, 1.82) is 0 Å². The quantitative estimate of drug-likeness (QED) is 0.0883. The molecular formula is C38H40B2N2O9. The molecule has 262 valence electrons. The molecule has 0 amide bonds. The number of nitrogens with zero attached hydrogens (tertiary/aromatic N) is 2. The average Bonchev–Trinajstić information content (AvgIpc) is 3.34. The highest BCUT2D eigenvalue weighted by molar-refractivity contribution is 6.62. The zero-order chi connectivity index (χ0) is 37.0. The summed E-state index contributed by atoms with van der Waals surface area (Å²) in [5.74, 6) is -9.99. The third-order valence-corrected chi connectivity index (χ3v) is 10.1. The summed E-state index contributed by atoms with van der Waals surface area (Å²) < 4.78 is 12.4. The van der Waals surface area contributed by atoms with E-state index in [-0.39, 0.29) is 16.6 Å². The van der Waals surface area contributed by atoms with E-state index < -0.39 is 52.3 Å². The van der Waals surface area contributed by atoms with E-state index in [1.807, 2.05) is 60.7 Å². The van der Waals surface area contributed by atoms with Crippen LogP contribution >= 0.6 is 0 Å². The first kappa shape index (κ1) is 36.5. The molecule has 6 rings (SSSR count). The van der Waals surface area contributed by atoms with Crippen LogP contribution in [0.15, 0.2) is 116 Å². The maximum absolute atomic E-state index is 11.8. The van der Waals surface area contributed by atoms with Crippen LogP contribution in [-0.4, -0.2) is 71.9 Å². The molecule has 51 heavy (non-hydrogen) atoms. The van der Waals surface area contributed by atoms with E-state index in [9.17, 15) is 35.7 Å². The van der Waals surface area contributed by atoms with Crippen molar-refractivity contribution in [2.75, 3.05) is 0 Å². The number of rotatable bonds is 9. The van der Waals surface area contributed by atoms with Gasteiger partial charge in [-0.15, -0.1) is 0 Å². The van der Waals surface area contributed by atoms with Crippen LogP contribution in [0, 0.1) is 0 Å². The maximum Gasteiger partial charge on any atom is 0.494 e. The Morgan fingerprint density at radius 1 is 0.529 bits per heavy atom. The molecule has 0 aliphatic carbocycles. The lowest BCUT2D eigenvalue weighted by Crippen LogP contribution is -2.52. The fourth-order valence-electron chi connectivity index (χ4n) is 5.90. The Morgan fingerprint density at radius 2 is 0.941 bits per heavy atom. The summed E-state index contributed by atoms with van der Waals surface area (Å²) in [4.78, 5) is 8.69. The molecule has 1 aliphatic heterocycles. The van der Waals surface area contributed by atoms with Gasteiger partial charge in [0.05, 0.1) is 22.6 Å². The number of benzene rings is 3. The molecule has 0 bridgehead atoms. The van der Waals surface area contributed by atoms with Crippen molar-refractivity contribution in [3.63, 3.8) is 0 Å². The molecule has 0 spiro atoms. The van der Waals surface area contributed by atoms with Gasteiger partial charge in [0.1, 0.15) is 5.50 Å². The van der Waals surface area contributed by atoms with Crippen molar-refractivity contribution in [3.05, 3.63) is 138 Å². The minimum Gasteiger partial charge on any atom is -0.399 e. The predicted molar refractivity (Wildman–Crippen MR) is 192 cm³/mol. The molecule has 1 atom stereocenters. The summed E-state index contributed by atoms with van der Waals surface area (Å²) in [5.41, 5.74) is -2.78. The fourth-order valence-corrected chi connectivity index (χ4v) is 5.90. The predicted octanol–water partition coefficient (Wildman–Crippen LogP) is 1.70. The number of hydrogen-bond acceptors (Lipinski definition) is 11. The maximum atomic E-state index is 11.8. The number of aliphatic hydroxyl groups is 7. The van der Waals surface area contributed by atoms with Crippen molar-refractivity contribution in [2.24, 2.45) is 0 Å². The van der Waals surface area contributed by atoms with Crippen molar-refractivity contribution >= 4 is 20.4 Å². The van der Waals surface area contributed by atoms with E-state index in [1.165, 1.54) is 44.4 Å². The Bertz CT molecular complexity index is 1860. The molecule has 7 N–H and O–H groups in total. The molecule has 11 nitrogen and oxygen atoms in total. The van der Waals surface area contributed by atoms with Crippen LogP contribution in [0.4, 0.5) is 0 Å². The molecule has 5 aromatic rings. The average molecular weight is 690 g/mol. The first-order valence-corrected chi connectivity index (χ1v) is 16.4. The van der Waals surface area contributed by atoms with Gasteiger partial charge in [0.15, 0.2) is 7.85 Å². The van der Waals surface area contributed by atoms with Gasteiger partial charge in [-0.25, -0.2) is 0 Å². The smallest absolute Gasteiger partial charge is 0.399 e. The lowest BCUT2D eigenvalue weighted by molar-refractivity contribution is -0.375. The zero-order valence-electron chi connectivity index (χ0n) is 28.9. The van der Waals surface area contributed by atoms with E-state index in [0.29, 0.717) is 11.4 Å². The van der Waals surface area contributed by atoms with Gasteiger partial charge in [0.25, 0.3) is 11.6 Å². The lowest BCUT2D eigenvalue weighted by Gasteiger charge is -2.40. The molecule has 0 saturated carbocycles. The van der Waals surface area contributed by atoms with Crippen LogP contribution in [-0.2, 0) is 32.2 Å². The number of pyridine rings is 2. The van der Waals surface area contributed by atoms with Crippen LogP contribution in [0.5, 0.6) is 0 Å². The second kappa shape index (κ2) is 12.7. The molecule has 13 heteroatoms. The second-order valence-electron chi connectivity index (χ2n) is 14.1. The Kier molecular flexibility index (Phi) is 9.13. The van der Waals surface area contributed by atoms with Crippen LogP contribution in [0.1, 0.15) is 49.9 Å². The molecule has 1 saturated heterocycles. The SMILES string of the molecule is BC(O)(c1ccc(-c2ccccc2)nc1)C(O)(O)c1cc(B2OC(C)(C)C(C)(C)O2)cc(C(O)(O)C(O)(O)c2ccc(-c3ccccc3)nc2)c1. The summed E-state index contributed by atoms with van der Waals surface area (Å²) in [5, 5.41) is 81.2. The van der Waals surface area contributed by atoms with Gasteiger partial charge < -0.3 is 45.1 Å². The van der Waals surface area contributed by atoms with Gasteiger partial charge >= 0.3 is 7.12 Å². The Labute approximate surface area is 297 Å². The van der Waals surface area contributed by atoms with E-state index in [4.69, 9.17) is 9.31 Å². The van der Waals surface area contributed by atoms with Crippen LogP contribution < -0.4 is 5.46 Å². The van der Waals surface area contributed by atoms with E-state index >= 15 is 0 Å². The number of aromatic nitrogens is 2. The summed E-state index contributed by atoms with van der Waals surface area (Å²) >= 11 is 0. The summed E-state index contributed by atoms with van der Waals surface area (Å²) in [6.45, 7) is 7.21. The van der Waals surface area contributed by atoms with Crippen molar-refractivity contribution < 1.29 is 45.1 Å². The van der Waals surface area contributed by atoms with Crippen molar-refractivity contribution in [1.82, 2.24) is 9.97 Å². The van der Waals surface area contributed by atoms with E-state index in [0.717, 1.165) is 23.4 Å². The standard InChI is InChI=1S/C38H40B2N2O9/c1-33(2)34(3,4)51-40(50-33)30-20-28(36(44,45)35(39,43)26-15-17-31(41-22-26)24-11-7-5-8-12-24)19-29(21-30)38(48,49)37(46,47)27-16-18-32(42-23-27)25-13-9-6-10-14-25/h5-23,43-49H,39H2,1-4H3. The molecular weight excluding hydrogens is 650 g/mol. The van der Waals surface area contributed by atoms with Gasteiger partial charge in [0, 0.05) is 40.2 Å². The van der Waals surface area contributed by atoms with Gasteiger partial charge in [-0.1, -0.05) is 78.9 Å². The monoisotopic (exact) mass is 690 g/mol. The Morgan fingerprint density at radius 3 is 1.37 bits per heavy atom. The summed E-state index contributed by atoms with van der Waals surface area (Å²) in [6.07, 6.45) is 2.41. The lowest BCUT2D eigenvalue weighted by atomic mass is 9.66. The van der Waals surface area contributed by atoms with Crippen LogP contribution in [0.25, 0.3) is 22.5 Å². The van der Waals surface area contributed by atoms with E-state index in [1.54, 1.807) is 33.8 Å². The highest BCUT2D eigenvalue weighted by Gasteiger charge is 2.55. The number of hydrogen-bond donors (Lipinski definition) is 7. The van der Waals surface area contributed by atoms with Gasteiger partial charge in [-0.05, 0) is 63.0 Å². The second-order valence-corrected chi connectivity index (χ2v) is 14.1. The Balaban J connectivity index is 1.43. The van der Waals surface area contributed by atoms with Gasteiger partial charge in [-0.2, -0.15) is 0 Å². The fraction of sp³-hybridized carbons (Fsp3) is 0.263. The molecule has 0 radical (unpaired) electrons. The first-order chi connectivity index (χ1) is 23.8. The molecule has 3 aromatic carbocycles. The highest BCUT2D eigenvalue weighted by Crippen LogP contribution is 2.42. The third-order valence-electron chi connectivity index (χ3n) is 10.1. The molecule has 2 aromatic heterocycles. The molecule has 3 heterocycles. The van der Waals surface area contributed by atoms with Crippen LogP contribution in [0.2, 0.25) is 0 Å². The first-order valence-electron chi connectivity index (χ1n) is 16.4. The molecule has 1 fully saturated rings. The minimum atomic E-state index is -3.49. The Hall–Kier alpha value is -4.27.